The van der Waals surface area contributed by atoms with Crippen molar-refractivity contribution in [2.24, 2.45) is 17.6 Å². The number of amides is 2. The van der Waals surface area contributed by atoms with E-state index in [9.17, 15) is 14.4 Å². The van der Waals surface area contributed by atoms with E-state index in [-0.39, 0.29) is 23.4 Å². The number of nitrogens with zero attached hydrogens (tertiary/aromatic N) is 2. The minimum absolute atomic E-state index is 0.0713. The lowest BCUT2D eigenvalue weighted by molar-refractivity contribution is -0.123. The average Bonchev–Trinajstić information content (AvgIpc) is 2.57. The van der Waals surface area contributed by atoms with E-state index in [0.29, 0.717) is 25.4 Å². The highest BCUT2D eigenvalue weighted by Gasteiger charge is 2.23. The summed E-state index contributed by atoms with van der Waals surface area (Å²) >= 11 is 0. The first-order valence-corrected chi connectivity index (χ1v) is 9.25. The number of primary amides is 1. The van der Waals surface area contributed by atoms with Crippen LogP contribution in [0.25, 0.3) is 0 Å². The fraction of sp³-hybridized carbons (Fsp3) is 0.667. The molecular weight excluding hydrogens is 334 g/mol. The Balaban J connectivity index is 1.79. The largest absolute Gasteiger partial charge is 0.369 e. The summed E-state index contributed by atoms with van der Waals surface area (Å²) in [6.07, 6.45) is 3.28. The van der Waals surface area contributed by atoms with E-state index < -0.39 is 5.69 Å². The summed E-state index contributed by atoms with van der Waals surface area (Å²) in [5, 5.41) is 2.81. The molecule has 26 heavy (non-hydrogen) atoms. The van der Waals surface area contributed by atoms with Crippen LogP contribution in [0.3, 0.4) is 0 Å². The summed E-state index contributed by atoms with van der Waals surface area (Å²) in [4.78, 5) is 43.8. The third-order valence-electron chi connectivity index (χ3n) is 4.51. The molecule has 1 aromatic heterocycles. The predicted molar refractivity (Wildman–Crippen MR) is 98.7 cm³/mol. The third kappa shape index (κ3) is 6.25. The monoisotopic (exact) mass is 363 g/mol. The van der Waals surface area contributed by atoms with Crippen LogP contribution in [0.5, 0.6) is 0 Å². The second-order valence-corrected chi connectivity index (χ2v) is 7.35. The van der Waals surface area contributed by atoms with Crippen molar-refractivity contribution in [3.05, 3.63) is 27.9 Å². The lowest BCUT2D eigenvalue weighted by Crippen LogP contribution is -2.42. The fourth-order valence-electron chi connectivity index (χ4n) is 3.26. The summed E-state index contributed by atoms with van der Waals surface area (Å²) in [5.74, 6) is -0.272. The number of H-pyrrole nitrogens is 1. The molecule has 1 saturated heterocycles. The second kappa shape index (κ2) is 9.47. The Labute approximate surface area is 153 Å². The number of rotatable bonds is 8. The number of carbonyl (C=O) groups excluding carboxylic acids is 2. The van der Waals surface area contributed by atoms with Crippen LogP contribution in [0.2, 0.25) is 0 Å². The fourth-order valence-corrected chi connectivity index (χ4v) is 3.26. The van der Waals surface area contributed by atoms with Crippen molar-refractivity contribution in [2.45, 2.75) is 39.5 Å². The number of likely N-dealkylation sites (tertiary alicyclic amines) is 1. The van der Waals surface area contributed by atoms with Crippen molar-refractivity contribution in [3.63, 3.8) is 0 Å². The summed E-state index contributed by atoms with van der Waals surface area (Å²) in [6.45, 7) is 7.02. The van der Waals surface area contributed by atoms with Crippen LogP contribution in [0, 0.1) is 11.8 Å². The number of aromatic amines is 1. The molecule has 0 aliphatic carbocycles. The standard InChI is InChI=1S/C18H29N5O3/c1-12(2)9-14-10-15(22-18(26)21-14)17(25)20-6-4-8-23-7-3-5-13(11-23)16(19)24/h10,12-13H,3-9,11H2,1-2H3,(H2,19,24)(H,20,25)(H,21,22,26). The average molecular weight is 363 g/mol. The maximum absolute atomic E-state index is 12.2. The van der Waals surface area contributed by atoms with Gasteiger partial charge in [-0.25, -0.2) is 4.79 Å². The van der Waals surface area contributed by atoms with Crippen LogP contribution >= 0.6 is 0 Å². The Bertz CT molecular complexity index is 686. The van der Waals surface area contributed by atoms with Crippen LogP contribution in [-0.4, -0.2) is 52.9 Å². The summed E-state index contributed by atoms with van der Waals surface area (Å²) in [7, 11) is 0. The van der Waals surface area contributed by atoms with Gasteiger partial charge in [0.05, 0.1) is 5.92 Å². The highest BCUT2D eigenvalue weighted by atomic mass is 16.2. The zero-order valence-electron chi connectivity index (χ0n) is 15.6. The number of hydrogen-bond acceptors (Lipinski definition) is 5. The smallest absolute Gasteiger partial charge is 0.345 e. The van der Waals surface area contributed by atoms with Crippen molar-refractivity contribution in [3.8, 4) is 0 Å². The molecule has 8 heteroatoms. The predicted octanol–water partition coefficient (Wildman–Crippen LogP) is 0.286. The van der Waals surface area contributed by atoms with Gasteiger partial charge in [0, 0.05) is 18.8 Å². The zero-order valence-corrected chi connectivity index (χ0v) is 15.6. The van der Waals surface area contributed by atoms with E-state index in [2.05, 4.69) is 20.2 Å². The molecule has 144 valence electrons. The minimum Gasteiger partial charge on any atom is -0.369 e. The number of hydrogen-bond donors (Lipinski definition) is 3. The van der Waals surface area contributed by atoms with E-state index in [4.69, 9.17) is 5.73 Å². The molecule has 8 nitrogen and oxygen atoms in total. The Kier molecular flexibility index (Phi) is 7.32. The first kappa shape index (κ1) is 20.1. The molecule has 0 spiro atoms. The topological polar surface area (TPSA) is 121 Å². The van der Waals surface area contributed by atoms with Gasteiger partial charge in [-0.2, -0.15) is 4.98 Å². The normalized spacial score (nSPS) is 18.0. The molecular formula is C18H29N5O3. The molecule has 0 bridgehead atoms. The SMILES string of the molecule is CC(C)Cc1cc(C(=O)NCCCN2CCCC(C(N)=O)C2)nc(=O)[nH]1. The number of carbonyl (C=O) groups is 2. The van der Waals surface area contributed by atoms with Crippen molar-refractivity contribution in [2.75, 3.05) is 26.2 Å². The molecule has 0 aromatic carbocycles. The van der Waals surface area contributed by atoms with Crippen LogP contribution < -0.4 is 16.7 Å². The molecule has 2 rings (SSSR count). The van der Waals surface area contributed by atoms with E-state index >= 15 is 0 Å². The maximum atomic E-state index is 12.2. The summed E-state index contributed by atoms with van der Waals surface area (Å²) in [6, 6.07) is 1.64. The molecule has 2 heterocycles. The Morgan fingerprint density at radius 3 is 2.92 bits per heavy atom. The lowest BCUT2D eigenvalue weighted by atomic mass is 9.97. The Morgan fingerprint density at radius 2 is 2.23 bits per heavy atom. The van der Waals surface area contributed by atoms with Crippen molar-refractivity contribution >= 4 is 11.8 Å². The molecule has 1 fully saturated rings. The molecule has 2 amide bonds. The van der Waals surface area contributed by atoms with Gasteiger partial charge >= 0.3 is 5.69 Å². The lowest BCUT2D eigenvalue weighted by Gasteiger charge is -2.31. The molecule has 0 saturated carbocycles. The van der Waals surface area contributed by atoms with E-state index in [1.54, 1.807) is 6.07 Å². The van der Waals surface area contributed by atoms with E-state index in [1.165, 1.54) is 0 Å². The number of nitrogens with two attached hydrogens (primary N) is 1. The molecule has 0 radical (unpaired) electrons. The van der Waals surface area contributed by atoms with Gasteiger partial charge in [0.1, 0.15) is 5.69 Å². The molecule has 1 aromatic rings. The van der Waals surface area contributed by atoms with Crippen molar-refractivity contribution in [1.29, 1.82) is 0 Å². The Morgan fingerprint density at radius 1 is 1.46 bits per heavy atom. The molecule has 1 unspecified atom stereocenters. The second-order valence-electron chi connectivity index (χ2n) is 7.35. The van der Waals surface area contributed by atoms with Crippen LogP contribution in [-0.2, 0) is 11.2 Å². The molecule has 1 aliphatic rings. The van der Waals surface area contributed by atoms with Crippen LogP contribution in [0.1, 0.15) is 49.3 Å². The van der Waals surface area contributed by atoms with Gasteiger partial charge in [0.25, 0.3) is 5.91 Å². The quantitative estimate of drug-likeness (QED) is 0.573. The zero-order chi connectivity index (χ0) is 19.1. The van der Waals surface area contributed by atoms with Crippen molar-refractivity contribution < 1.29 is 9.59 Å². The summed E-state index contributed by atoms with van der Waals surface area (Å²) < 4.78 is 0. The maximum Gasteiger partial charge on any atom is 0.345 e. The van der Waals surface area contributed by atoms with Gasteiger partial charge in [0.15, 0.2) is 0 Å². The summed E-state index contributed by atoms with van der Waals surface area (Å²) in [5.41, 5.74) is 5.75. The molecule has 1 atom stereocenters. The van der Waals surface area contributed by atoms with Crippen molar-refractivity contribution in [1.82, 2.24) is 20.2 Å². The van der Waals surface area contributed by atoms with Gasteiger partial charge in [0.2, 0.25) is 5.91 Å². The first-order chi connectivity index (χ1) is 12.3. The molecule has 1 aliphatic heterocycles. The number of nitrogens with one attached hydrogen (secondary N) is 2. The van der Waals surface area contributed by atoms with Gasteiger partial charge in [-0.15, -0.1) is 0 Å². The Hall–Kier alpha value is -2.22. The van der Waals surface area contributed by atoms with Gasteiger partial charge < -0.3 is 20.9 Å². The third-order valence-corrected chi connectivity index (χ3v) is 4.51. The number of piperidine rings is 1. The van der Waals surface area contributed by atoms with Gasteiger partial charge in [-0.3, -0.25) is 9.59 Å². The first-order valence-electron chi connectivity index (χ1n) is 9.25. The van der Waals surface area contributed by atoms with E-state index in [0.717, 1.165) is 38.0 Å². The highest BCUT2D eigenvalue weighted by molar-refractivity contribution is 5.92. The van der Waals surface area contributed by atoms with E-state index in [1.807, 2.05) is 13.8 Å². The van der Waals surface area contributed by atoms with Crippen LogP contribution in [0.4, 0.5) is 0 Å². The minimum atomic E-state index is -0.501. The highest BCUT2D eigenvalue weighted by Crippen LogP contribution is 2.15. The molecule has 4 N–H and O–H groups in total. The van der Waals surface area contributed by atoms with Crippen LogP contribution in [0.15, 0.2) is 10.9 Å². The van der Waals surface area contributed by atoms with Gasteiger partial charge in [-0.1, -0.05) is 13.8 Å². The van der Waals surface area contributed by atoms with Gasteiger partial charge in [-0.05, 0) is 50.8 Å². The number of aromatic nitrogens is 2.